The molecule has 1 saturated heterocycles. The smallest absolute Gasteiger partial charge is 0.123 e. The van der Waals surface area contributed by atoms with E-state index in [1.807, 2.05) is 0 Å². The van der Waals surface area contributed by atoms with Crippen molar-refractivity contribution in [2.45, 2.75) is 58.5 Å². The van der Waals surface area contributed by atoms with Crippen LogP contribution in [0.3, 0.4) is 0 Å². The zero-order chi connectivity index (χ0) is 14.4. The van der Waals surface area contributed by atoms with Crippen LogP contribution in [0.4, 0.5) is 0 Å². The van der Waals surface area contributed by atoms with Crippen LogP contribution in [0.2, 0.25) is 0 Å². The molecular formula is C18H29NO. The molecule has 0 radical (unpaired) electrons. The van der Waals surface area contributed by atoms with Crippen molar-refractivity contribution < 1.29 is 4.74 Å². The molecule has 1 aliphatic rings. The van der Waals surface area contributed by atoms with Crippen LogP contribution in [0.25, 0.3) is 0 Å². The molecule has 1 heterocycles. The van der Waals surface area contributed by atoms with E-state index in [0.717, 1.165) is 44.5 Å². The lowest BCUT2D eigenvalue weighted by molar-refractivity contribution is 0.113. The summed E-state index contributed by atoms with van der Waals surface area (Å²) < 4.78 is 6.35. The lowest BCUT2D eigenvalue weighted by Gasteiger charge is -2.30. The van der Waals surface area contributed by atoms with Crippen molar-refractivity contribution >= 4 is 0 Å². The Morgan fingerprint density at radius 1 is 1.20 bits per heavy atom. The Labute approximate surface area is 124 Å². The fourth-order valence-corrected chi connectivity index (χ4v) is 2.97. The topological polar surface area (TPSA) is 12.5 Å². The van der Waals surface area contributed by atoms with Gasteiger partial charge in [0.15, 0.2) is 0 Å². The van der Waals surface area contributed by atoms with Gasteiger partial charge in [0.1, 0.15) is 11.9 Å². The summed E-state index contributed by atoms with van der Waals surface area (Å²) in [6, 6.07) is 6.58. The van der Waals surface area contributed by atoms with Crippen molar-refractivity contribution in [2.24, 2.45) is 0 Å². The normalized spacial score (nSPS) is 17.4. The molecule has 1 aliphatic heterocycles. The van der Waals surface area contributed by atoms with E-state index in [0.29, 0.717) is 6.10 Å². The van der Waals surface area contributed by atoms with Gasteiger partial charge in [-0.1, -0.05) is 32.4 Å². The molecule has 0 aliphatic carbocycles. The second-order valence-corrected chi connectivity index (χ2v) is 5.97. The third-order valence-corrected chi connectivity index (χ3v) is 4.35. The number of piperidine rings is 1. The molecule has 1 aromatic carbocycles. The molecule has 2 nitrogen and oxygen atoms in total. The molecule has 112 valence electrons. The SMILES string of the molecule is CCCCc1c(CC)cccc1OC1CCN(C)CC1. The standard InChI is InChI=1S/C18H29NO/c1-4-6-9-17-15(5-2)8-7-10-18(17)20-16-11-13-19(3)14-12-16/h7-8,10,16H,4-6,9,11-14H2,1-3H3. The zero-order valence-corrected chi connectivity index (χ0v) is 13.3. The van der Waals surface area contributed by atoms with Gasteiger partial charge in [-0.3, -0.25) is 0 Å². The quantitative estimate of drug-likeness (QED) is 0.776. The van der Waals surface area contributed by atoms with Crippen LogP contribution >= 0.6 is 0 Å². The van der Waals surface area contributed by atoms with Gasteiger partial charge in [-0.25, -0.2) is 0 Å². The summed E-state index contributed by atoms with van der Waals surface area (Å²) >= 11 is 0. The van der Waals surface area contributed by atoms with Gasteiger partial charge in [-0.05, 0) is 56.3 Å². The maximum Gasteiger partial charge on any atom is 0.123 e. The van der Waals surface area contributed by atoms with E-state index >= 15 is 0 Å². The molecule has 0 unspecified atom stereocenters. The molecule has 2 rings (SSSR count). The summed E-state index contributed by atoms with van der Waals surface area (Å²) in [5.41, 5.74) is 2.92. The van der Waals surface area contributed by atoms with Crippen molar-refractivity contribution in [3.8, 4) is 5.75 Å². The maximum absolute atomic E-state index is 6.35. The van der Waals surface area contributed by atoms with Crippen LogP contribution in [0, 0.1) is 0 Å². The second kappa shape index (κ2) is 7.68. The summed E-state index contributed by atoms with van der Waals surface area (Å²) in [6.07, 6.45) is 7.46. The first-order chi connectivity index (χ1) is 9.74. The van der Waals surface area contributed by atoms with Crippen molar-refractivity contribution in [1.82, 2.24) is 4.90 Å². The number of likely N-dealkylation sites (tertiary alicyclic amines) is 1. The molecule has 2 heteroatoms. The van der Waals surface area contributed by atoms with Gasteiger partial charge in [0.05, 0.1) is 0 Å². The van der Waals surface area contributed by atoms with Gasteiger partial charge in [0.2, 0.25) is 0 Å². The fourth-order valence-electron chi connectivity index (χ4n) is 2.97. The van der Waals surface area contributed by atoms with Gasteiger partial charge < -0.3 is 9.64 Å². The zero-order valence-electron chi connectivity index (χ0n) is 13.3. The number of ether oxygens (including phenoxy) is 1. The van der Waals surface area contributed by atoms with Crippen molar-refractivity contribution in [3.05, 3.63) is 29.3 Å². The van der Waals surface area contributed by atoms with Crippen LogP contribution in [0.5, 0.6) is 5.75 Å². The summed E-state index contributed by atoms with van der Waals surface area (Å²) in [4.78, 5) is 2.39. The highest BCUT2D eigenvalue weighted by Gasteiger charge is 2.19. The number of hydrogen-bond acceptors (Lipinski definition) is 2. The molecule has 1 fully saturated rings. The Balaban J connectivity index is 2.09. The molecule has 0 N–H and O–H groups in total. The second-order valence-electron chi connectivity index (χ2n) is 5.97. The average Bonchev–Trinajstić information content (AvgIpc) is 2.48. The predicted octanol–water partition coefficient (Wildman–Crippen LogP) is 4.06. The molecule has 0 spiro atoms. The van der Waals surface area contributed by atoms with Crippen LogP contribution in [0.15, 0.2) is 18.2 Å². The molecule has 0 atom stereocenters. The highest BCUT2D eigenvalue weighted by Crippen LogP contribution is 2.27. The summed E-state index contributed by atoms with van der Waals surface area (Å²) in [5, 5.41) is 0. The highest BCUT2D eigenvalue weighted by molar-refractivity contribution is 5.40. The largest absolute Gasteiger partial charge is 0.490 e. The Morgan fingerprint density at radius 2 is 1.95 bits per heavy atom. The molecule has 20 heavy (non-hydrogen) atoms. The first-order valence-electron chi connectivity index (χ1n) is 8.20. The first-order valence-corrected chi connectivity index (χ1v) is 8.20. The lowest BCUT2D eigenvalue weighted by atomic mass is 9.99. The van der Waals surface area contributed by atoms with Crippen LogP contribution in [0.1, 0.15) is 50.7 Å². The van der Waals surface area contributed by atoms with E-state index < -0.39 is 0 Å². The van der Waals surface area contributed by atoms with Gasteiger partial charge in [-0.15, -0.1) is 0 Å². The molecule has 0 bridgehead atoms. The maximum atomic E-state index is 6.35. The van der Waals surface area contributed by atoms with Crippen LogP contribution < -0.4 is 4.74 Å². The van der Waals surface area contributed by atoms with Gasteiger partial charge in [0.25, 0.3) is 0 Å². The molecule has 1 aromatic rings. The number of rotatable bonds is 6. The summed E-state index contributed by atoms with van der Waals surface area (Å²) in [7, 11) is 2.20. The van der Waals surface area contributed by atoms with E-state index in [-0.39, 0.29) is 0 Å². The average molecular weight is 275 g/mol. The van der Waals surface area contributed by atoms with E-state index in [4.69, 9.17) is 4.74 Å². The van der Waals surface area contributed by atoms with Gasteiger partial charge in [-0.2, -0.15) is 0 Å². The Morgan fingerprint density at radius 3 is 2.60 bits per heavy atom. The minimum Gasteiger partial charge on any atom is -0.490 e. The Kier molecular flexibility index (Phi) is 5.90. The number of unbranched alkanes of at least 4 members (excludes halogenated alkanes) is 1. The van der Waals surface area contributed by atoms with Crippen molar-refractivity contribution in [2.75, 3.05) is 20.1 Å². The minimum atomic E-state index is 0.402. The molecule has 0 saturated carbocycles. The Bertz CT molecular complexity index is 408. The van der Waals surface area contributed by atoms with Crippen molar-refractivity contribution in [3.63, 3.8) is 0 Å². The van der Waals surface area contributed by atoms with Crippen molar-refractivity contribution in [1.29, 1.82) is 0 Å². The third-order valence-electron chi connectivity index (χ3n) is 4.35. The number of nitrogens with zero attached hydrogens (tertiary/aromatic N) is 1. The van der Waals surface area contributed by atoms with Gasteiger partial charge >= 0.3 is 0 Å². The number of aryl methyl sites for hydroxylation is 1. The van der Waals surface area contributed by atoms with Crippen LogP contribution in [-0.4, -0.2) is 31.1 Å². The summed E-state index contributed by atoms with van der Waals surface area (Å²) in [6.45, 7) is 6.81. The molecule has 0 amide bonds. The number of hydrogen-bond donors (Lipinski definition) is 0. The first kappa shape index (κ1) is 15.4. The van der Waals surface area contributed by atoms with E-state index in [1.54, 1.807) is 0 Å². The lowest BCUT2D eigenvalue weighted by Crippen LogP contribution is -2.35. The van der Waals surface area contributed by atoms with Gasteiger partial charge in [0, 0.05) is 13.1 Å². The van der Waals surface area contributed by atoms with E-state index in [1.165, 1.54) is 24.0 Å². The molecular weight excluding hydrogens is 246 g/mol. The highest BCUT2D eigenvalue weighted by atomic mass is 16.5. The van der Waals surface area contributed by atoms with E-state index in [9.17, 15) is 0 Å². The third kappa shape index (κ3) is 3.99. The monoisotopic (exact) mass is 275 g/mol. The minimum absolute atomic E-state index is 0.402. The molecule has 0 aromatic heterocycles. The predicted molar refractivity (Wildman–Crippen MR) is 85.6 cm³/mol. The number of benzene rings is 1. The fraction of sp³-hybridized carbons (Fsp3) is 0.667. The van der Waals surface area contributed by atoms with Crippen LogP contribution in [-0.2, 0) is 12.8 Å². The Hall–Kier alpha value is -1.02. The summed E-state index contributed by atoms with van der Waals surface area (Å²) in [5.74, 6) is 1.15. The van der Waals surface area contributed by atoms with E-state index in [2.05, 4.69) is 44.0 Å².